The number of carbonyl (C=O) groups excluding carboxylic acids is 1. The highest BCUT2D eigenvalue weighted by Gasteiger charge is 2.28. The van der Waals surface area contributed by atoms with E-state index < -0.39 is 0 Å². The third-order valence-electron chi connectivity index (χ3n) is 6.25. The second-order valence-corrected chi connectivity index (χ2v) is 8.82. The van der Waals surface area contributed by atoms with E-state index in [1.165, 1.54) is 12.1 Å². The second-order valence-electron chi connectivity index (χ2n) is 8.82. The van der Waals surface area contributed by atoms with Crippen molar-refractivity contribution in [2.24, 2.45) is 0 Å². The number of amides is 1. The summed E-state index contributed by atoms with van der Waals surface area (Å²) in [6.07, 6.45) is 2.51. The van der Waals surface area contributed by atoms with E-state index in [0.29, 0.717) is 34.7 Å². The van der Waals surface area contributed by atoms with Crippen LogP contribution in [0.5, 0.6) is 0 Å². The maximum Gasteiger partial charge on any atom is 0.261 e. The molecule has 0 unspecified atom stereocenters. The molecule has 35 heavy (non-hydrogen) atoms. The van der Waals surface area contributed by atoms with E-state index in [2.05, 4.69) is 15.3 Å². The molecule has 7 nitrogen and oxygen atoms in total. The molecule has 0 radical (unpaired) electrons. The lowest BCUT2D eigenvalue weighted by Gasteiger charge is -2.13. The van der Waals surface area contributed by atoms with Gasteiger partial charge in [0.1, 0.15) is 17.5 Å². The molecular weight excluding hydrogens is 445 g/mol. The monoisotopic (exact) mass is 467 g/mol. The summed E-state index contributed by atoms with van der Waals surface area (Å²) in [6.45, 7) is 0. The van der Waals surface area contributed by atoms with Gasteiger partial charge in [-0.05, 0) is 67.4 Å². The van der Waals surface area contributed by atoms with Crippen molar-refractivity contribution >= 4 is 33.5 Å². The number of imidazole rings is 1. The van der Waals surface area contributed by atoms with Crippen LogP contribution >= 0.6 is 0 Å². The fraction of sp³-hybridized carbons (Fsp3) is 0.185. The van der Waals surface area contributed by atoms with Gasteiger partial charge >= 0.3 is 0 Å². The first-order chi connectivity index (χ1) is 17.0. The number of aryl methyl sites for hydroxylation is 1. The molecule has 0 atom stereocenters. The van der Waals surface area contributed by atoms with Gasteiger partial charge in [0.2, 0.25) is 5.91 Å². The van der Waals surface area contributed by atoms with Crippen LogP contribution in [0.25, 0.3) is 33.3 Å². The molecule has 5 aromatic rings. The van der Waals surface area contributed by atoms with Crippen LogP contribution in [0.2, 0.25) is 0 Å². The summed E-state index contributed by atoms with van der Waals surface area (Å²) in [5, 5.41) is 3.54. The van der Waals surface area contributed by atoms with Gasteiger partial charge in [0, 0.05) is 30.1 Å². The summed E-state index contributed by atoms with van der Waals surface area (Å²) >= 11 is 0. The molecule has 1 fully saturated rings. The van der Waals surface area contributed by atoms with Gasteiger partial charge in [-0.2, -0.15) is 0 Å². The Kier molecular flexibility index (Phi) is 5.13. The zero-order chi connectivity index (χ0) is 23.9. The van der Waals surface area contributed by atoms with Crippen molar-refractivity contribution in [2.45, 2.75) is 31.7 Å². The van der Waals surface area contributed by atoms with Crippen molar-refractivity contribution in [2.75, 3.05) is 5.32 Å². The number of hydrogen-bond acceptors (Lipinski definition) is 4. The van der Waals surface area contributed by atoms with Crippen LogP contribution in [-0.2, 0) is 11.2 Å². The van der Waals surface area contributed by atoms with Crippen LogP contribution in [0, 0.1) is 5.82 Å². The predicted octanol–water partition coefficient (Wildman–Crippen LogP) is 4.99. The Morgan fingerprint density at radius 3 is 2.63 bits per heavy atom. The lowest BCUT2D eigenvalue weighted by molar-refractivity contribution is -0.116. The van der Waals surface area contributed by atoms with Crippen LogP contribution in [0.3, 0.4) is 0 Å². The molecular formula is C27H22FN5O2. The molecule has 1 amide bonds. The van der Waals surface area contributed by atoms with Crippen LogP contribution < -0.4 is 10.9 Å². The quantitative estimate of drug-likeness (QED) is 0.368. The van der Waals surface area contributed by atoms with E-state index in [0.717, 1.165) is 29.4 Å². The van der Waals surface area contributed by atoms with Crippen molar-refractivity contribution in [3.05, 3.63) is 88.7 Å². The first-order valence-corrected chi connectivity index (χ1v) is 11.6. The molecule has 3 aromatic carbocycles. The zero-order valence-electron chi connectivity index (χ0n) is 18.8. The van der Waals surface area contributed by atoms with Gasteiger partial charge < -0.3 is 10.3 Å². The van der Waals surface area contributed by atoms with Crippen LogP contribution in [0.15, 0.2) is 71.5 Å². The third-order valence-corrected chi connectivity index (χ3v) is 6.25. The largest absolute Gasteiger partial charge is 0.338 e. The van der Waals surface area contributed by atoms with E-state index in [-0.39, 0.29) is 29.7 Å². The first-order valence-electron chi connectivity index (χ1n) is 11.6. The lowest BCUT2D eigenvalue weighted by atomic mass is 10.2. The third kappa shape index (κ3) is 4.19. The average molecular weight is 468 g/mol. The minimum absolute atomic E-state index is 0.0323. The Bertz CT molecular complexity index is 1630. The lowest BCUT2D eigenvalue weighted by Crippen LogP contribution is -2.25. The molecule has 2 aromatic heterocycles. The number of H-pyrrole nitrogens is 1. The minimum atomic E-state index is -0.303. The molecule has 0 saturated heterocycles. The number of hydrogen-bond donors (Lipinski definition) is 2. The topological polar surface area (TPSA) is 92.7 Å². The molecule has 0 bridgehead atoms. The Hall–Kier alpha value is -4.33. The summed E-state index contributed by atoms with van der Waals surface area (Å²) in [5.74, 6) is 0.818. The van der Waals surface area contributed by atoms with Crippen molar-refractivity contribution in [3.63, 3.8) is 0 Å². The summed E-state index contributed by atoms with van der Waals surface area (Å²) in [4.78, 5) is 38.2. The van der Waals surface area contributed by atoms with Gasteiger partial charge in [-0.15, -0.1) is 0 Å². The Labute approximate surface area is 199 Å². The van der Waals surface area contributed by atoms with Crippen LogP contribution in [0.1, 0.15) is 31.1 Å². The maximum absolute atomic E-state index is 13.2. The summed E-state index contributed by atoms with van der Waals surface area (Å²) in [5.41, 5.74) is 3.55. The van der Waals surface area contributed by atoms with Crippen molar-refractivity contribution in [3.8, 4) is 11.4 Å². The van der Waals surface area contributed by atoms with E-state index in [1.807, 2.05) is 30.3 Å². The number of halogens is 1. The molecule has 174 valence electrons. The van der Waals surface area contributed by atoms with Gasteiger partial charge in [-0.1, -0.05) is 12.1 Å². The van der Waals surface area contributed by atoms with Gasteiger partial charge in [-0.25, -0.2) is 14.4 Å². The van der Waals surface area contributed by atoms with Gasteiger partial charge in [0.05, 0.1) is 21.9 Å². The molecule has 1 aliphatic carbocycles. The molecule has 2 heterocycles. The number of nitrogens with zero attached hydrogens (tertiary/aromatic N) is 3. The molecule has 2 N–H and O–H groups in total. The van der Waals surface area contributed by atoms with Gasteiger partial charge in [0.15, 0.2) is 0 Å². The minimum Gasteiger partial charge on any atom is -0.338 e. The fourth-order valence-corrected chi connectivity index (χ4v) is 4.36. The number of carbonyl (C=O) groups is 1. The molecule has 8 heteroatoms. The van der Waals surface area contributed by atoms with E-state index in [4.69, 9.17) is 4.98 Å². The number of rotatable bonds is 6. The summed E-state index contributed by atoms with van der Waals surface area (Å²) < 4.78 is 15.0. The smallest absolute Gasteiger partial charge is 0.261 e. The van der Waals surface area contributed by atoms with E-state index in [9.17, 15) is 14.0 Å². The average Bonchev–Trinajstić information content (AvgIpc) is 3.61. The highest BCUT2D eigenvalue weighted by Crippen LogP contribution is 2.35. The molecule has 0 aliphatic heterocycles. The Balaban J connectivity index is 1.19. The maximum atomic E-state index is 13.2. The number of benzene rings is 3. The number of anilines is 1. The highest BCUT2D eigenvalue weighted by atomic mass is 19.1. The standard InChI is InChI=1S/C27H22FN5O2/c28-17-7-5-16(6-8-17)26-31-22-12-9-18(15-23(22)32-26)29-25(34)14-13-24-30-21-4-2-1-3-20(21)27(35)33(24)19-10-11-19/h1-9,12,15,19H,10-11,13-14H2,(H,29,34)(H,31,32). The number of para-hydroxylation sites is 1. The highest BCUT2D eigenvalue weighted by molar-refractivity contribution is 5.93. The van der Waals surface area contributed by atoms with E-state index in [1.54, 1.807) is 28.8 Å². The molecule has 0 spiro atoms. The van der Waals surface area contributed by atoms with Crippen molar-refractivity contribution < 1.29 is 9.18 Å². The normalized spacial score (nSPS) is 13.4. The summed E-state index contributed by atoms with van der Waals surface area (Å²) in [7, 11) is 0. The SMILES string of the molecule is O=C(CCc1nc2ccccc2c(=O)n1C1CC1)Nc1ccc2nc(-c3ccc(F)cc3)[nH]c2c1. The Morgan fingerprint density at radius 1 is 1.03 bits per heavy atom. The van der Waals surface area contributed by atoms with E-state index >= 15 is 0 Å². The van der Waals surface area contributed by atoms with Gasteiger partial charge in [0.25, 0.3) is 5.56 Å². The predicted molar refractivity (Wildman–Crippen MR) is 133 cm³/mol. The molecule has 1 saturated carbocycles. The molecule has 1 aliphatic rings. The number of aromatic nitrogens is 4. The summed E-state index contributed by atoms with van der Waals surface area (Å²) in [6, 6.07) is 19.1. The number of aromatic amines is 1. The van der Waals surface area contributed by atoms with Gasteiger partial charge in [-0.3, -0.25) is 14.2 Å². The fourth-order valence-electron chi connectivity index (χ4n) is 4.36. The number of fused-ring (bicyclic) bond motifs is 2. The molecule has 6 rings (SSSR count). The first kappa shape index (κ1) is 21.2. The second kappa shape index (κ2) is 8.47. The van der Waals surface area contributed by atoms with Crippen LogP contribution in [0.4, 0.5) is 10.1 Å². The Morgan fingerprint density at radius 2 is 1.83 bits per heavy atom. The zero-order valence-corrected chi connectivity index (χ0v) is 18.8. The number of nitrogens with one attached hydrogen (secondary N) is 2. The van der Waals surface area contributed by atoms with Crippen molar-refractivity contribution in [1.29, 1.82) is 0 Å². The van der Waals surface area contributed by atoms with Crippen molar-refractivity contribution in [1.82, 2.24) is 19.5 Å². The van der Waals surface area contributed by atoms with Crippen LogP contribution in [-0.4, -0.2) is 25.4 Å².